The van der Waals surface area contributed by atoms with Crippen LogP contribution in [0.3, 0.4) is 0 Å². The zero-order chi connectivity index (χ0) is 19.7. The number of halogens is 3. The molecule has 0 amide bonds. The Morgan fingerprint density at radius 3 is 2.39 bits per heavy atom. The Morgan fingerprint density at radius 1 is 1.00 bits per heavy atom. The molecule has 0 atom stereocenters. The molecule has 4 aromatic rings. The second-order valence-corrected chi connectivity index (χ2v) is 6.09. The van der Waals surface area contributed by atoms with Gasteiger partial charge in [0, 0.05) is 6.20 Å². The Morgan fingerprint density at radius 2 is 1.71 bits per heavy atom. The zero-order valence-electron chi connectivity index (χ0n) is 14.4. The summed E-state index contributed by atoms with van der Waals surface area (Å²) in [5.74, 6) is 0.574. The highest BCUT2D eigenvalue weighted by Crippen LogP contribution is 2.33. The number of H-pyrrole nitrogens is 1. The van der Waals surface area contributed by atoms with E-state index in [4.69, 9.17) is 4.74 Å². The summed E-state index contributed by atoms with van der Waals surface area (Å²) in [6.45, 7) is 0.379. The molecule has 1 N–H and O–H groups in total. The van der Waals surface area contributed by atoms with Gasteiger partial charge >= 0.3 is 11.9 Å². The molecule has 142 valence electrons. The number of aromatic nitrogens is 3. The van der Waals surface area contributed by atoms with E-state index in [1.165, 1.54) is 0 Å². The van der Waals surface area contributed by atoms with Gasteiger partial charge in [-0.05, 0) is 35.9 Å². The van der Waals surface area contributed by atoms with Crippen LogP contribution in [0.1, 0.15) is 11.1 Å². The number of rotatable bonds is 4. The Hall–Kier alpha value is -3.55. The molecule has 2 heterocycles. The SMILES string of the molecule is O=c1[nH]c2c(C(F)(F)F)ccnc2n1-c1ccc(OCc2ccccc2)cc1. The van der Waals surface area contributed by atoms with Crippen LogP contribution in [0.4, 0.5) is 13.2 Å². The Balaban J connectivity index is 1.65. The number of hydrogen-bond donors (Lipinski definition) is 1. The molecule has 0 aliphatic rings. The number of hydrogen-bond acceptors (Lipinski definition) is 3. The van der Waals surface area contributed by atoms with Gasteiger partial charge in [0.05, 0.1) is 16.8 Å². The van der Waals surface area contributed by atoms with E-state index < -0.39 is 17.4 Å². The minimum Gasteiger partial charge on any atom is -0.489 e. The Kier molecular flexibility index (Phi) is 4.38. The summed E-state index contributed by atoms with van der Waals surface area (Å²) in [4.78, 5) is 18.5. The number of pyridine rings is 1. The van der Waals surface area contributed by atoms with Crippen LogP contribution >= 0.6 is 0 Å². The average Bonchev–Trinajstić information content (AvgIpc) is 3.02. The van der Waals surface area contributed by atoms with Crippen molar-refractivity contribution in [1.29, 1.82) is 0 Å². The fourth-order valence-corrected chi connectivity index (χ4v) is 2.91. The molecule has 0 bridgehead atoms. The van der Waals surface area contributed by atoms with Crippen LogP contribution in [0.5, 0.6) is 5.75 Å². The van der Waals surface area contributed by atoms with Crippen LogP contribution in [0.2, 0.25) is 0 Å². The predicted molar refractivity (Wildman–Crippen MR) is 97.5 cm³/mol. The molecule has 0 spiro atoms. The third-order valence-corrected chi connectivity index (χ3v) is 4.23. The number of nitrogens with one attached hydrogen (secondary N) is 1. The molecule has 0 radical (unpaired) electrons. The molecule has 28 heavy (non-hydrogen) atoms. The molecule has 0 fully saturated rings. The van der Waals surface area contributed by atoms with E-state index in [0.29, 0.717) is 18.0 Å². The molecule has 0 saturated heterocycles. The summed E-state index contributed by atoms with van der Waals surface area (Å²) in [6, 6.07) is 16.9. The van der Waals surface area contributed by atoms with Gasteiger partial charge in [-0.1, -0.05) is 30.3 Å². The lowest BCUT2D eigenvalue weighted by molar-refractivity contribution is -0.136. The van der Waals surface area contributed by atoms with Gasteiger partial charge in [0.2, 0.25) is 0 Å². The lowest BCUT2D eigenvalue weighted by atomic mass is 10.2. The first kappa shape index (κ1) is 17.8. The van der Waals surface area contributed by atoms with E-state index in [9.17, 15) is 18.0 Å². The maximum atomic E-state index is 13.2. The normalized spacial score (nSPS) is 11.7. The van der Waals surface area contributed by atoms with E-state index in [2.05, 4.69) is 9.97 Å². The van der Waals surface area contributed by atoms with Crippen LogP contribution in [-0.2, 0) is 12.8 Å². The lowest BCUT2D eigenvalue weighted by Gasteiger charge is -2.09. The molecule has 2 aromatic carbocycles. The van der Waals surface area contributed by atoms with Crippen molar-refractivity contribution in [2.24, 2.45) is 0 Å². The van der Waals surface area contributed by atoms with Crippen molar-refractivity contribution in [3.63, 3.8) is 0 Å². The monoisotopic (exact) mass is 385 g/mol. The van der Waals surface area contributed by atoms with E-state index in [-0.39, 0.29) is 11.2 Å². The van der Waals surface area contributed by atoms with E-state index in [1.54, 1.807) is 24.3 Å². The van der Waals surface area contributed by atoms with Crippen molar-refractivity contribution in [1.82, 2.24) is 14.5 Å². The second kappa shape index (κ2) is 6.88. The fraction of sp³-hybridized carbons (Fsp3) is 0.100. The Labute approximate surface area is 157 Å². The lowest BCUT2D eigenvalue weighted by Crippen LogP contribution is -2.14. The summed E-state index contributed by atoms with van der Waals surface area (Å²) in [6.07, 6.45) is -3.56. The molecule has 0 saturated carbocycles. The van der Waals surface area contributed by atoms with Crippen LogP contribution in [0, 0.1) is 0 Å². The highest BCUT2D eigenvalue weighted by molar-refractivity contribution is 5.77. The highest BCUT2D eigenvalue weighted by atomic mass is 19.4. The van der Waals surface area contributed by atoms with Crippen molar-refractivity contribution in [3.05, 3.63) is 88.5 Å². The average molecular weight is 385 g/mol. The minimum atomic E-state index is -4.59. The number of benzene rings is 2. The third kappa shape index (κ3) is 3.36. The first-order chi connectivity index (χ1) is 13.4. The standard InChI is InChI=1S/C20H14F3N3O2/c21-20(22,23)16-10-11-24-18-17(16)25-19(27)26(18)14-6-8-15(9-7-14)28-12-13-4-2-1-3-5-13/h1-11H,12H2,(H,25,27). The third-order valence-electron chi connectivity index (χ3n) is 4.23. The van der Waals surface area contributed by atoms with Gasteiger partial charge in [-0.25, -0.2) is 14.3 Å². The number of fused-ring (bicyclic) bond motifs is 1. The molecule has 5 nitrogen and oxygen atoms in total. The number of aromatic amines is 1. The topological polar surface area (TPSA) is 59.9 Å². The summed E-state index contributed by atoms with van der Waals surface area (Å²) in [7, 11) is 0. The van der Waals surface area contributed by atoms with Gasteiger partial charge in [-0.3, -0.25) is 0 Å². The van der Waals surface area contributed by atoms with E-state index in [1.807, 2.05) is 30.3 Å². The van der Waals surface area contributed by atoms with Gasteiger partial charge in [-0.15, -0.1) is 0 Å². The largest absolute Gasteiger partial charge is 0.489 e. The first-order valence-electron chi connectivity index (χ1n) is 8.37. The van der Waals surface area contributed by atoms with Gasteiger partial charge < -0.3 is 9.72 Å². The highest BCUT2D eigenvalue weighted by Gasteiger charge is 2.34. The number of alkyl halides is 3. The maximum absolute atomic E-state index is 13.2. The number of ether oxygens (including phenoxy) is 1. The smallest absolute Gasteiger partial charge is 0.418 e. The molecule has 2 aromatic heterocycles. The summed E-state index contributed by atoms with van der Waals surface area (Å²) in [5, 5.41) is 0. The quantitative estimate of drug-likeness (QED) is 0.569. The van der Waals surface area contributed by atoms with Crippen LogP contribution in [0.15, 0.2) is 71.7 Å². The summed E-state index contributed by atoms with van der Waals surface area (Å²) >= 11 is 0. The zero-order valence-corrected chi connectivity index (χ0v) is 14.4. The van der Waals surface area contributed by atoms with Crippen molar-refractivity contribution >= 4 is 11.2 Å². The van der Waals surface area contributed by atoms with E-state index >= 15 is 0 Å². The van der Waals surface area contributed by atoms with Crippen molar-refractivity contribution < 1.29 is 17.9 Å². The first-order valence-corrected chi connectivity index (χ1v) is 8.37. The van der Waals surface area contributed by atoms with Gasteiger partial charge in [-0.2, -0.15) is 13.2 Å². The predicted octanol–water partition coefficient (Wildman–Crippen LogP) is 4.31. The number of nitrogens with zero attached hydrogens (tertiary/aromatic N) is 2. The van der Waals surface area contributed by atoms with Gasteiger partial charge in [0.25, 0.3) is 0 Å². The van der Waals surface area contributed by atoms with Crippen LogP contribution in [-0.4, -0.2) is 14.5 Å². The Bertz CT molecular complexity index is 1160. The van der Waals surface area contributed by atoms with Crippen molar-refractivity contribution in [2.45, 2.75) is 12.8 Å². The molecular weight excluding hydrogens is 371 g/mol. The fourth-order valence-electron chi connectivity index (χ4n) is 2.91. The molecule has 8 heteroatoms. The van der Waals surface area contributed by atoms with Gasteiger partial charge in [0.15, 0.2) is 5.65 Å². The minimum absolute atomic E-state index is 0.0854. The van der Waals surface area contributed by atoms with E-state index in [0.717, 1.165) is 22.4 Å². The van der Waals surface area contributed by atoms with Crippen LogP contribution < -0.4 is 10.4 Å². The van der Waals surface area contributed by atoms with Crippen molar-refractivity contribution in [3.8, 4) is 11.4 Å². The molecule has 0 aliphatic heterocycles. The van der Waals surface area contributed by atoms with Crippen LogP contribution in [0.25, 0.3) is 16.9 Å². The van der Waals surface area contributed by atoms with Gasteiger partial charge in [0.1, 0.15) is 12.4 Å². The van der Waals surface area contributed by atoms with Crippen molar-refractivity contribution in [2.75, 3.05) is 0 Å². The summed E-state index contributed by atoms with van der Waals surface area (Å²) < 4.78 is 46.3. The number of imidazole rings is 1. The second-order valence-electron chi connectivity index (χ2n) is 6.09. The molecule has 4 rings (SSSR count). The maximum Gasteiger partial charge on any atom is 0.418 e. The summed E-state index contributed by atoms with van der Waals surface area (Å²) in [5.41, 5.74) is -0.672. The molecular formula is C20H14F3N3O2. The molecule has 0 unspecified atom stereocenters. The molecule has 0 aliphatic carbocycles.